The number of hydrogen-bond acceptors (Lipinski definition) is 7. The Labute approximate surface area is 125 Å². The SMILES string of the molecule is COC(=O)C1=C(C)Nc2ncnn2[C@H]1c1ccc(O)c(O)c1. The van der Waals surface area contributed by atoms with Crippen LogP contribution in [0, 0.1) is 0 Å². The van der Waals surface area contributed by atoms with Crippen molar-refractivity contribution >= 4 is 11.9 Å². The number of carbonyl (C=O) groups excluding carboxylic acids is 1. The second-order valence-corrected chi connectivity index (χ2v) is 4.83. The third-order valence-corrected chi connectivity index (χ3v) is 3.51. The summed E-state index contributed by atoms with van der Waals surface area (Å²) >= 11 is 0. The standard InChI is InChI=1S/C14H14N4O4/c1-7-11(13(21)22-2)12(18-14(17-7)15-6-16-18)8-3-4-9(19)10(20)5-8/h3-6,12,19-20H,1-2H3,(H,15,16,17)/t12-/m0/s1. The number of carbonyl (C=O) groups is 1. The predicted molar refractivity (Wildman–Crippen MR) is 76.3 cm³/mol. The summed E-state index contributed by atoms with van der Waals surface area (Å²) in [5.74, 6) is -0.553. The first-order chi connectivity index (χ1) is 10.5. The zero-order valence-electron chi connectivity index (χ0n) is 11.9. The minimum Gasteiger partial charge on any atom is -0.504 e. The fourth-order valence-electron chi connectivity index (χ4n) is 2.48. The average Bonchev–Trinajstić information content (AvgIpc) is 2.95. The van der Waals surface area contributed by atoms with E-state index in [0.717, 1.165) is 0 Å². The molecule has 0 saturated heterocycles. The fraction of sp³-hybridized carbons (Fsp3) is 0.214. The molecule has 2 aromatic rings. The number of esters is 1. The van der Waals surface area contributed by atoms with Crippen LogP contribution in [0.5, 0.6) is 11.5 Å². The van der Waals surface area contributed by atoms with E-state index in [1.807, 2.05) is 0 Å². The van der Waals surface area contributed by atoms with Crippen LogP contribution in [-0.4, -0.2) is 38.1 Å². The molecule has 1 aliphatic heterocycles. The van der Waals surface area contributed by atoms with E-state index in [0.29, 0.717) is 22.8 Å². The van der Waals surface area contributed by atoms with Gasteiger partial charge in [-0.15, -0.1) is 0 Å². The van der Waals surface area contributed by atoms with Crippen LogP contribution in [-0.2, 0) is 9.53 Å². The van der Waals surface area contributed by atoms with Crippen molar-refractivity contribution in [1.82, 2.24) is 14.8 Å². The number of nitrogens with zero attached hydrogens (tertiary/aromatic N) is 3. The maximum atomic E-state index is 12.2. The number of rotatable bonds is 2. The molecule has 0 radical (unpaired) electrons. The summed E-state index contributed by atoms with van der Waals surface area (Å²) in [6.07, 6.45) is 1.36. The first-order valence-electron chi connectivity index (χ1n) is 6.50. The first-order valence-corrected chi connectivity index (χ1v) is 6.50. The smallest absolute Gasteiger partial charge is 0.338 e. The van der Waals surface area contributed by atoms with E-state index in [-0.39, 0.29) is 11.5 Å². The van der Waals surface area contributed by atoms with E-state index in [2.05, 4.69) is 15.4 Å². The van der Waals surface area contributed by atoms with Crippen molar-refractivity contribution in [2.45, 2.75) is 13.0 Å². The average molecular weight is 302 g/mol. The highest BCUT2D eigenvalue weighted by Crippen LogP contribution is 2.37. The van der Waals surface area contributed by atoms with Crippen molar-refractivity contribution in [2.75, 3.05) is 12.4 Å². The van der Waals surface area contributed by atoms with Crippen LogP contribution < -0.4 is 5.32 Å². The number of fused-ring (bicyclic) bond motifs is 1. The largest absolute Gasteiger partial charge is 0.504 e. The van der Waals surface area contributed by atoms with Crippen molar-refractivity contribution in [3.63, 3.8) is 0 Å². The van der Waals surface area contributed by atoms with Gasteiger partial charge in [0, 0.05) is 5.70 Å². The van der Waals surface area contributed by atoms with Gasteiger partial charge in [-0.1, -0.05) is 6.07 Å². The molecule has 0 aliphatic carbocycles. The summed E-state index contributed by atoms with van der Waals surface area (Å²) in [5, 5.41) is 26.3. The van der Waals surface area contributed by atoms with Gasteiger partial charge in [0.2, 0.25) is 5.95 Å². The highest BCUT2D eigenvalue weighted by Gasteiger charge is 2.34. The van der Waals surface area contributed by atoms with Gasteiger partial charge in [0.1, 0.15) is 12.4 Å². The quantitative estimate of drug-likeness (QED) is 0.564. The number of allylic oxidation sites excluding steroid dienone is 1. The normalized spacial score (nSPS) is 16.9. The molecule has 8 nitrogen and oxygen atoms in total. The topological polar surface area (TPSA) is 110 Å². The van der Waals surface area contributed by atoms with Gasteiger partial charge in [-0.05, 0) is 24.6 Å². The zero-order chi connectivity index (χ0) is 15.9. The fourth-order valence-corrected chi connectivity index (χ4v) is 2.48. The molecule has 1 aromatic heterocycles. The van der Waals surface area contributed by atoms with E-state index < -0.39 is 12.0 Å². The molecule has 0 unspecified atom stereocenters. The van der Waals surface area contributed by atoms with Crippen LogP contribution in [0.2, 0.25) is 0 Å². The van der Waals surface area contributed by atoms with E-state index in [1.54, 1.807) is 13.0 Å². The lowest BCUT2D eigenvalue weighted by molar-refractivity contribution is -0.136. The molecule has 1 atom stereocenters. The third kappa shape index (κ3) is 2.05. The number of nitrogens with one attached hydrogen (secondary N) is 1. The molecule has 0 amide bonds. The maximum Gasteiger partial charge on any atom is 0.338 e. The highest BCUT2D eigenvalue weighted by atomic mass is 16.5. The number of methoxy groups -OCH3 is 1. The molecular weight excluding hydrogens is 288 g/mol. The molecule has 22 heavy (non-hydrogen) atoms. The van der Waals surface area contributed by atoms with Gasteiger partial charge in [0.25, 0.3) is 0 Å². The number of aromatic hydroxyl groups is 2. The summed E-state index contributed by atoms with van der Waals surface area (Å²) < 4.78 is 6.37. The van der Waals surface area contributed by atoms with Gasteiger partial charge in [-0.3, -0.25) is 0 Å². The maximum absolute atomic E-state index is 12.2. The van der Waals surface area contributed by atoms with Gasteiger partial charge in [0.05, 0.1) is 12.7 Å². The van der Waals surface area contributed by atoms with Crippen molar-refractivity contribution in [3.8, 4) is 11.5 Å². The second kappa shape index (κ2) is 5.06. The van der Waals surface area contributed by atoms with Crippen LogP contribution in [0.15, 0.2) is 35.8 Å². The molecular formula is C14H14N4O4. The highest BCUT2D eigenvalue weighted by molar-refractivity contribution is 5.92. The Hall–Kier alpha value is -3.03. The Morgan fingerprint density at radius 3 is 2.82 bits per heavy atom. The number of aromatic nitrogens is 3. The van der Waals surface area contributed by atoms with Gasteiger partial charge in [-0.25, -0.2) is 9.48 Å². The summed E-state index contributed by atoms with van der Waals surface area (Å²) in [4.78, 5) is 16.2. The van der Waals surface area contributed by atoms with Crippen LogP contribution in [0.1, 0.15) is 18.5 Å². The number of hydrogen-bond donors (Lipinski definition) is 3. The van der Waals surface area contributed by atoms with Gasteiger partial charge < -0.3 is 20.3 Å². The van der Waals surface area contributed by atoms with Crippen molar-refractivity contribution in [1.29, 1.82) is 0 Å². The van der Waals surface area contributed by atoms with Gasteiger partial charge >= 0.3 is 5.97 Å². The van der Waals surface area contributed by atoms with Crippen LogP contribution in [0.25, 0.3) is 0 Å². The van der Waals surface area contributed by atoms with Crippen molar-refractivity contribution in [2.24, 2.45) is 0 Å². The molecule has 2 heterocycles. The summed E-state index contributed by atoms with van der Waals surface area (Å²) in [7, 11) is 1.30. The van der Waals surface area contributed by atoms with Crippen LogP contribution in [0.4, 0.5) is 5.95 Å². The summed E-state index contributed by atoms with van der Waals surface area (Å²) in [6, 6.07) is 3.73. The molecule has 3 N–H and O–H groups in total. The van der Waals surface area contributed by atoms with Crippen LogP contribution in [0.3, 0.4) is 0 Å². The van der Waals surface area contributed by atoms with E-state index in [1.165, 1.54) is 30.3 Å². The summed E-state index contributed by atoms with van der Waals surface area (Å²) in [6.45, 7) is 1.73. The molecule has 114 valence electrons. The Kier molecular flexibility index (Phi) is 3.21. The van der Waals surface area contributed by atoms with Crippen LogP contribution >= 0.6 is 0 Å². The van der Waals surface area contributed by atoms with E-state index >= 15 is 0 Å². The zero-order valence-corrected chi connectivity index (χ0v) is 11.9. The Morgan fingerprint density at radius 2 is 2.14 bits per heavy atom. The number of benzene rings is 1. The predicted octanol–water partition coefficient (Wildman–Crippen LogP) is 1.15. The second-order valence-electron chi connectivity index (χ2n) is 4.83. The van der Waals surface area contributed by atoms with Crippen molar-refractivity contribution in [3.05, 3.63) is 41.4 Å². The Morgan fingerprint density at radius 1 is 1.36 bits per heavy atom. The number of phenolic OH excluding ortho intramolecular Hbond substituents is 2. The third-order valence-electron chi connectivity index (χ3n) is 3.51. The molecule has 1 aliphatic rings. The first kappa shape index (κ1) is 13.9. The molecule has 1 aromatic carbocycles. The molecule has 0 bridgehead atoms. The monoisotopic (exact) mass is 302 g/mol. The lowest BCUT2D eigenvalue weighted by Crippen LogP contribution is -2.29. The number of ether oxygens (including phenoxy) is 1. The number of phenols is 2. The van der Waals surface area contributed by atoms with E-state index in [9.17, 15) is 15.0 Å². The Balaban J connectivity index is 2.20. The molecule has 8 heteroatoms. The lowest BCUT2D eigenvalue weighted by atomic mass is 9.95. The van der Waals surface area contributed by atoms with Gasteiger partial charge in [-0.2, -0.15) is 10.1 Å². The van der Waals surface area contributed by atoms with Crippen molar-refractivity contribution < 1.29 is 19.7 Å². The van der Waals surface area contributed by atoms with E-state index in [4.69, 9.17) is 4.74 Å². The minimum absolute atomic E-state index is 0.239. The Bertz CT molecular complexity index is 781. The minimum atomic E-state index is -0.613. The number of anilines is 1. The molecule has 0 spiro atoms. The lowest BCUT2D eigenvalue weighted by Gasteiger charge is -2.28. The summed E-state index contributed by atoms with van der Waals surface area (Å²) in [5.41, 5.74) is 1.51. The van der Waals surface area contributed by atoms with Gasteiger partial charge in [0.15, 0.2) is 11.5 Å². The molecule has 0 fully saturated rings. The molecule has 0 saturated carbocycles. The molecule has 3 rings (SSSR count).